The van der Waals surface area contributed by atoms with E-state index < -0.39 is 35.0 Å². The molecule has 0 aliphatic heterocycles. The molecule has 1 aromatic rings. The normalized spacial score (nSPS) is 12.6. The molecule has 0 heterocycles. The highest BCUT2D eigenvalue weighted by Crippen LogP contribution is 2.38. The number of carbonyl (C=O) groups is 1. The molecule has 0 spiro atoms. The third kappa shape index (κ3) is 2.69. The summed E-state index contributed by atoms with van der Waals surface area (Å²) in [6.07, 6.45) is -10.2. The minimum Gasteiger partial charge on any atom is -0.366 e. The Bertz CT molecular complexity index is 416. The number of alkyl halides is 6. The lowest BCUT2D eigenvalue weighted by Gasteiger charge is -2.16. The molecule has 0 radical (unpaired) electrons. The van der Waals surface area contributed by atoms with E-state index in [0.717, 1.165) is 0 Å². The van der Waals surface area contributed by atoms with E-state index in [0.29, 0.717) is 18.2 Å². The van der Waals surface area contributed by atoms with Crippen LogP contribution in [0.5, 0.6) is 0 Å². The van der Waals surface area contributed by atoms with Crippen molar-refractivity contribution in [2.45, 2.75) is 12.4 Å². The van der Waals surface area contributed by atoms with Crippen LogP contribution < -0.4 is 5.73 Å². The number of rotatable bonds is 1. The zero-order valence-electron chi connectivity index (χ0n) is 7.99. The van der Waals surface area contributed by atoms with E-state index in [1.165, 1.54) is 0 Å². The number of benzene rings is 1. The van der Waals surface area contributed by atoms with Gasteiger partial charge in [0.05, 0.1) is 16.7 Å². The third-order valence-corrected chi connectivity index (χ3v) is 1.92. The molecule has 2 nitrogen and oxygen atoms in total. The van der Waals surface area contributed by atoms with Crippen molar-refractivity contribution < 1.29 is 31.1 Å². The maximum absolute atomic E-state index is 12.4. The Kier molecular flexibility index (Phi) is 3.09. The lowest BCUT2D eigenvalue weighted by Crippen LogP contribution is -2.24. The van der Waals surface area contributed by atoms with Crippen molar-refractivity contribution in [2.75, 3.05) is 0 Å². The molecule has 0 aliphatic rings. The minimum atomic E-state index is -5.08. The molecule has 1 aromatic carbocycles. The van der Waals surface area contributed by atoms with Crippen LogP contribution in [0.4, 0.5) is 26.3 Å². The monoisotopic (exact) mass is 257 g/mol. The first-order chi connectivity index (χ1) is 7.55. The fourth-order valence-corrected chi connectivity index (χ4v) is 1.29. The zero-order valence-corrected chi connectivity index (χ0v) is 7.99. The highest BCUT2D eigenvalue weighted by atomic mass is 19.4. The van der Waals surface area contributed by atoms with Gasteiger partial charge in [-0.2, -0.15) is 26.3 Å². The Morgan fingerprint density at radius 2 is 1.29 bits per heavy atom. The van der Waals surface area contributed by atoms with Gasteiger partial charge in [0, 0.05) is 0 Å². The molecule has 0 saturated heterocycles. The van der Waals surface area contributed by atoms with Gasteiger partial charge in [-0.1, -0.05) is 6.07 Å². The first kappa shape index (κ1) is 13.3. The summed E-state index contributed by atoms with van der Waals surface area (Å²) in [5.74, 6) is -1.77. The van der Waals surface area contributed by atoms with E-state index in [1.807, 2.05) is 0 Å². The standard InChI is InChI=1S/C9H5F6NO/c10-8(11,12)4-2-1-3-5(9(13,14)15)6(4)7(16)17/h1-3H,(H2,16,17). The van der Waals surface area contributed by atoms with Gasteiger partial charge < -0.3 is 5.73 Å². The fourth-order valence-electron chi connectivity index (χ4n) is 1.29. The SMILES string of the molecule is NC(=O)c1c(C(F)(F)F)cccc1C(F)(F)F. The summed E-state index contributed by atoms with van der Waals surface area (Å²) in [6.45, 7) is 0. The van der Waals surface area contributed by atoms with Crippen LogP contribution in [-0.2, 0) is 12.4 Å². The van der Waals surface area contributed by atoms with Gasteiger partial charge >= 0.3 is 12.4 Å². The van der Waals surface area contributed by atoms with Crippen LogP contribution in [0.3, 0.4) is 0 Å². The van der Waals surface area contributed by atoms with Gasteiger partial charge in [0.2, 0.25) is 5.91 Å². The fraction of sp³-hybridized carbons (Fsp3) is 0.222. The van der Waals surface area contributed by atoms with Crippen molar-refractivity contribution in [3.63, 3.8) is 0 Å². The Morgan fingerprint density at radius 1 is 0.941 bits per heavy atom. The first-order valence-electron chi connectivity index (χ1n) is 4.12. The van der Waals surface area contributed by atoms with E-state index in [1.54, 1.807) is 0 Å². The van der Waals surface area contributed by atoms with E-state index in [9.17, 15) is 31.1 Å². The average Bonchev–Trinajstić information content (AvgIpc) is 2.13. The molecule has 8 heteroatoms. The van der Waals surface area contributed by atoms with Crippen LogP contribution in [0, 0.1) is 0 Å². The van der Waals surface area contributed by atoms with Crippen molar-refractivity contribution in [3.05, 3.63) is 34.9 Å². The van der Waals surface area contributed by atoms with Gasteiger partial charge in [-0.25, -0.2) is 0 Å². The van der Waals surface area contributed by atoms with Gasteiger partial charge in [-0.15, -0.1) is 0 Å². The van der Waals surface area contributed by atoms with E-state index in [4.69, 9.17) is 0 Å². The van der Waals surface area contributed by atoms with Gasteiger partial charge in [-0.3, -0.25) is 4.79 Å². The molecule has 0 unspecified atom stereocenters. The third-order valence-electron chi connectivity index (χ3n) is 1.92. The number of nitrogens with two attached hydrogens (primary N) is 1. The number of carbonyl (C=O) groups excluding carboxylic acids is 1. The molecule has 17 heavy (non-hydrogen) atoms. The molecular formula is C9H5F6NO. The molecule has 94 valence electrons. The quantitative estimate of drug-likeness (QED) is 0.772. The highest BCUT2D eigenvalue weighted by Gasteiger charge is 2.42. The van der Waals surface area contributed by atoms with Gasteiger partial charge in [0.25, 0.3) is 0 Å². The van der Waals surface area contributed by atoms with Crippen LogP contribution in [0.2, 0.25) is 0 Å². The van der Waals surface area contributed by atoms with Crippen molar-refractivity contribution in [1.29, 1.82) is 0 Å². The van der Waals surface area contributed by atoms with Crippen LogP contribution in [0.15, 0.2) is 18.2 Å². The average molecular weight is 257 g/mol. The first-order valence-corrected chi connectivity index (χ1v) is 4.12. The second-order valence-electron chi connectivity index (χ2n) is 3.09. The predicted molar refractivity (Wildman–Crippen MR) is 45.0 cm³/mol. The van der Waals surface area contributed by atoms with E-state index in [2.05, 4.69) is 5.73 Å². The molecule has 0 aromatic heterocycles. The van der Waals surface area contributed by atoms with Crippen LogP contribution in [-0.4, -0.2) is 5.91 Å². The Balaban J connectivity index is 3.61. The second-order valence-corrected chi connectivity index (χ2v) is 3.09. The molecule has 0 bridgehead atoms. The molecule has 0 fully saturated rings. The topological polar surface area (TPSA) is 43.1 Å². The van der Waals surface area contributed by atoms with Gasteiger partial charge in [0.15, 0.2) is 0 Å². The summed E-state index contributed by atoms with van der Waals surface area (Å²) < 4.78 is 74.4. The van der Waals surface area contributed by atoms with Crippen molar-refractivity contribution in [2.24, 2.45) is 5.73 Å². The Labute approximate surface area is 91.0 Å². The molecule has 0 aliphatic carbocycles. The summed E-state index contributed by atoms with van der Waals surface area (Å²) in [6, 6.07) is 1.31. The number of amides is 1. The van der Waals surface area contributed by atoms with Gasteiger partial charge in [0.1, 0.15) is 0 Å². The molecule has 0 atom stereocenters. The number of halogens is 6. The summed E-state index contributed by atoms with van der Waals surface area (Å²) >= 11 is 0. The van der Waals surface area contributed by atoms with E-state index in [-0.39, 0.29) is 0 Å². The molecule has 1 amide bonds. The zero-order chi connectivity index (χ0) is 13.4. The summed E-state index contributed by atoms with van der Waals surface area (Å²) in [5.41, 5.74) is -0.382. The highest BCUT2D eigenvalue weighted by molar-refractivity contribution is 5.96. The number of hydrogen-bond donors (Lipinski definition) is 1. The molecule has 1 rings (SSSR count). The summed E-state index contributed by atoms with van der Waals surface area (Å²) in [5, 5.41) is 0. The second kappa shape index (κ2) is 3.94. The maximum atomic E-state index is 12.4. The Hall–Kier alpha value is -1.73. The number of primary amides is 1. The summed E-state index contributed by atoms with van der Waals surface area (Å²) in [4.78, 5) is 10.8. The summed E-state index contributed by atoms with van der Waals surface area (Å²) in [7, 11) is 0. The lowest BCUT2D eigenvalue weighted by molar-refractivity contribution is -0.143. The van der Waals surface area contributed by atoms with Gasteiger partial charge in [-0.05, 0) is 12.1 Å². The lowest BCUT2D eigenvalue weighted by atomic mass is 9.99. The molecule has 0 saturated carbocycles. The Morgan fingerprint density at radius 3 is 1.53 bits per heavy atom. The van der Waals surface area contributed by atoms with Crippen molar-refractivity contribution >= 4 is 5.91 Å². The molecular weight excluding hydrogens is 252 g/mol. The molecule has 2 N–H and O–H groups in total. The maximum Gasteiger partial charge on any atom is 0.417 e. The predicted octanol–water partition coefficient (Wildman–Crippen LogP) is 2.82. The number of hydrogen-bond acceptors (Lipinski definition) is 1. The van der Waals surface area contributed by atoms with Crippen molar-refractivity contribution in [3.8, 4) is 0 Å². The van der Waals surface area contributed by atoms with Crippen LogP contribution in [0.25, 0.3) is 0 Å². The minimum absolute atomic E-state index is 0.370. The van der Waals surface area contributed by atoms with Crippen LogP contribution >= 0.6 is 0 Å². The smallest absolute Gasteiger partial charge is 0.366 e. The largest absolute Gasteiger partial charge is 0.417 e. The van der Waals surface area contributed by atoms with Crippen molar-refractivity contribution in [1.82, 2.24) is 0 Å². The van der Waals surface area contributed by atoms with Crippen LogP contribution in [0.1, 0.15) is 21.5 Å². The van der Waals surface area contributed by atoms with E-state index >= 15 is 0 Å².